The Morgan fingerprint density at radius 2 is 2.09 bits per heavy atom. The molecule has 4 rings (SSSR count). The molecule has 0 fully saturated rings. The van der Waals surface area contributed by atoms with Gasteiger partial charge in [-0.15, -0.1) is 0 Å². The Balaban J connectivity index is 1.81. The van der Waals surface area contributed by atoms with Crippen LogP contribution in [0.3, 0.4) is 0 Å². The van der Waals surface area contributed by atoms with Crippen molar-refractivity contribution >= 4 is 40.1 Å². The normalized spacial score (nSPS) is 11.9. The van der Waals surface area contributed by atoms with Gasteiger partial charge in [0.15, 0.2) is 5.82 Å². The summed E-state index contributed by atoms with van der Waals surface area (Å²) >= 11 is 6.30. The Hall–Kier alpha value is -4.17. The quantitative estimate of drug-likeness (QED) is 0.342. The second-order valence-electron chi connectivity index (χ2n) is 7.06. The lowest BCUT2D eigenvalue weighted by atomic mass is 10.2. The molecule has 0 bridgehead atoms. The van der Waals surface area contributed by atoms with E-state index in [2.05, 4.69) is 25.5 Å². The van der Waals surface area contributed by atoms with Gasteiger partial charge < -0.3 is 16.8 Å². The fourth-order valence-electron chi connectivity index (χ4n) is 3.42. The summed E-state index contributed by atoms with van der Waals surface area (Å²) < 4.78 is 1.55. The van der Waals surface area contributed by atoms with E-state index in [1.165, 1.54) is 0 Å². The molecule has 162 valence electrons. The highest BCUT2D eigenvalue weighted by molar-refractivity contribution is 6.35. The standard InChI is InChI=1S/C20H19ClN10O/c1-10(26-17-12(9-22)16(23)28-20(24)29-17)18-27-14-4-2-3-13(21)15(14)19(32)31(18)8-6-11-5-7-25-30-11/h2-5,7,10H,6,8H2,1H3,(H,25,30)(H5,23,24,26,28,29). The van der Waals surface area contributed by atoms with Crippen molar-refractivity contribution in [2.24, 2.45) is 0 Å². The van der Waals surface area contributed by atoms with Crippen LogP contribution in [0.25, 0.3) is 10.9 Å². The number of aryl methyl sites for hydroxylation is 1. The third-order valence-electron chi connectivity index (χ3n) is 4.93. The van der Waals surface area contributed by atoms with E-state index in [1.807, 2.05) is 12.1 Å². The number of aromatic amines is 1. The van der Waals surface area contributed by atoms with E-state index < -0.39 is 6.04 Å². The molecule has 0 amide bonds. The fraction of sp³-hybridized carbons (Fsp3) is 0.200. The lowest BCUT2D eigenvalue weighted by molar-refractivity contribution is 0.587. The third-order valence-corrected chi connectivity index (χ3v) is 5.25. The number of hydrogen-bond donors (Lipinski definition) is 4. The molecule has 0 radical (unpaired) electrons. The summed E-state index contributed by atoms with van der Waals surface area (Å²) in [6.45, 7) is 2.12. The van der Waals surface area contributed by atoms with Crippen molar-refractivity contribution in [3.05, 3.63) is 62.9 Å². The summed E-state index contributed by atoms with van der Waals surface area (Å²) in [4.78, 5) is 26.0. The number of rotatable bonds is 6. The third kappa shape index (κ3) is 3.91. The molecule has 3 heterocycles. The van der Waals surface area contributed by atoms with Crippen LogP contribution in [0, 0.1) is 11.3 Å². The number of nitrogens with one attached hydrogen (secondary N) is 2. The molecule has 11 nitrogen and oxygen atoms in total. The van der Waals surface area contributed by atoms with E-state index in [4.69, 9.17) is 28.1 Å². The SMILES string of the molecule is CC(Nc1nc(N)nc(N)c1C#N)c1nc2cccc(Cl)c2c(=O)n1CCc1ccn[nH]1. The number of anilines is 3. The van der Waals surface area contributed by atoms with Gasteiger partial charge in [-0.2, -0.15) is 20.3 Å². The number of nitrogen functional groups attached to an aromatic ring is 2. The van der Waals surface area contributed by atoms with Gasteiger partial charge >= 0.3 is 0 Å². The maximum absolute atomic E-state index is 13.4. The van der Waals surface area contributed by atoms with Gasteiger partial charge in [0.1, 0.15) is 23.3 Å². The molecule has 0 saturated heterocycles. The Labute approximate surface area is 187 Å². The molecule has 0 aliphatic heterocycles. The lowest BCUT2D eigenvalue weighted by Crippen LogP contribution is -2.30. The molecule has 0 aliphatic rings. The van der Waals surface area contributed by atoms with E-state index in [0.29, 0.717) is 34.7 Å². The van der Waals surface area contributed by atoms with Crippen molar-refractivity contribution in [3.8, 4) is 6.07 Å². The lowest BCUT2D eigenvalue weighted by Gasteiger charge is -2.21. The Kier molecular flexibility index (Phi) is 5.61. The molecule has 1 atom stereocenters. The fourth-order valence-corrected chi connectivity index (χ4v) is 3.67. The number of halogens is 1. The number of nitrogens with two attached hydrogens (primary N) is 2. The molecule has 0 spiro atoms. The first kappa shape index (κ1) is 21.1. The van der Waals surface area contributed by atoms with Crippen LogP contribution >= 0.6 is 11.6 Å². The highest BCUT2D eigenvalue weighted by atomic mass is 35.5. The second-order valence-corrected chi connectivity index (χ2v) is 7.47. The summed E-state index contributed by atoms with van der Waals surface area (Å²) in [6, 6.07) is 8.37. The number of hydrogen-bond acceptors (Lipinski definition) is 9. The van der Waals surface area contributed by atoms with Gasteiger partial charge in [-0.3, -0.25) is 14.5 Å². The van der Waals surface area contributed by atoms with Gasteiger partial charge in [-0.1, -0.05) is 17.7 Å². The van der Waals surface area contributed by atoms with Gasteiger partial charge in [0, 0.05) is 24.9 Å². The minimum atomic E-state index is -0.534. The average molecular weight is 451 g/mol. The van der Waals surface area contributed by atoms with Crippen LogP contribution in [0.1, 0.15) is 30.0 Å². The first-order chi connectivity index (χ1) is 15.4. The van der Waals surface area contributed by atoms with Gasteiger partial charge in [0.2, 0.25) is 5.95 Å². The van der Waals surface area contributed by atoms with E-state index in [-0.39, 0.29) is 28.7 Å². The van der Waals surface area contributed by atoms with Crippen molar-refractivity contribution in [2.75, 3.05) is 16.8 Å². The Morgan fingerprint density at radius 3 is 2.81 bits per heavy atom. The van der Waals surface area contributed by atoms with Gasteiger partial charge in [0.25, 0.3) is 5.56 Å². The highest BCUT2D eigenvalue weighted by Gasteiger charge is 2.21. The Bertz CT molecular complexity index is 1390. The zero-order valence-corrected chi connectivity index (χ0v) is 17.8. The zero-order valence-electron chi connectivity index (χ0n) is 17.0. The number of nitrogens with zero attached hydrogens (tertiary/aromatic N) is 6. The summed E-state index contributed by atoms with van der Waals surface area (Å²) in [5, 5.41) is 20.0. The van der Waals surface area contributed by atoms with Crippen molar-refractivity contribution in [2.45, 2.75) is 25.9 Å². The molecule has 12 heteroatoms. The van der Waals surface area contributed by atoms with E-state index >= 15 is 0 Å². The molecule has 6 N–H and O–H groups in total. The van der Waals surface area contributed by atoms with Crippen molar-refractivity contribution in [1.29, 1.82) is 5.26 Å². The molecule has 4 aromatic rings. The molecular weight excluding hydrogens is 432 g/mol. The van der Waals surface area contributed by atoms with Crippen LogP contribution in [-0.4, -0.2) is 29.7 Å². The minimum absolute atomic E-state index is 0.0374. The van der Waals surface area contributed by atoms with Crippen molar-refractivity contribution < 1.29 is 0 Å². The largest absolute Gasteiger partial charge is 0.382 e. The topological polar surface area (TPSA) is 177 Å². The van der Waals surface area contributed by atoms with Crippen molar-refractivity contribution in [1.82, 2.24) is 29.7 Å². The van der Waals surface area contributed by atoms with E-state index in [0.717, 1.165) is 5.69 Å². The molecule has 1 aromatic carbocycles. The molecule has 1 unspecified atom stereocenters. The van der Waals surface area contributed by atoms with Gasteiger partial charge in [-0.05, 0) is 25.1 Å². The summed E-state index contributed by atoms with van der Waals surface area (Å²) in [5.74, 6) is 0.477. The van der Waals surface area contributed by atoms with E-state index in [9.17, 15) is 10.1 Å². The number of benzene rings is 1. The summed E-state index contributed by atoms with van der Waals surface area (Å²) in [7, 11) is 0. The molecular formula is C20H19ClN10O. The predicted molar refractivity (Wildman–Crippen MR) is 121 cm³/mol. The number of aromatic nitrogens is 6. The molecule has 32 heavy (non-hydrogen) atoms. The average Bonchev–Trinajstić information content (AvgIpc) is 3.26. The van der Waals surface area contributed by atoms with Gasteiger partial charge in [0.05, 0.1) is 22.0 Å². The van der Waals surface area contributed by atoms with Crippen LogP contribution in [0.15, 0.2) is 35.3 Å². The maximum atomic E-state index is 13.4. The highest BCUT2D eigenvalue weighted by Crippen LogP contribution is 2.25. The number of nitriles is 1. The molecule has 0 saturated carbocycles. The monoisotopic (exact) mass is 450 g/mol. The van der Waals surface area contributed by atoms with Crippen LogP contribution in [0.5, 0.6) is 0 Å². The van der Waals surface area contributed by atoms with E-state index in [1.54, 1.807) is 35.9 Å². The predicted octanol–water partition coefficient (Wildman–Crippen LogP) is 2.01. The van der Waals surface area contributed by atoms with Crippen LogP contribution in [0.4, 0.5) is 17.6 Å². The van der Waals surface area contributed by atoms with Gasteiger partial charge in [-0.25, -0.2) is 4.98 Å². The maximum Gasteiger partial charge on any atom is 0.262 e. The Morgan fingerprint density at radius 1 is 1.28 bits per heavy atom. The second kappa shape index (κ2) is 8.52. The van der Waals surface area contributed by atoms with Crippen molar-refractivity contribution in [3.63, 3.8) is 0 Å². The van der Waals surface area contributed by atoms with Crippen LogP contribution in [-0.2, 0) is 13.0 Å². The zero-order chi connectivity index (χ0) is 22.8. The minimum Gasteiger partial charge on any atom is -0.382 e. The van der Waals surface area contributed by atoms with Crippen LogP contribution < -0.4 is 22.3 Å². The first-order valence-electron chi connectivity index (χ1n) is 9.66. The summed E-state index contributed by atoms with van der Waals surface area (Å²) in [5.41, 5.74) is 12.6. The molecule has 3 aromatic heterocycles. The smallest absolute Gasteiger partial charge is 0.262 e. The number of H-pyrrole nitrogens is 1. The summed E-state index contributed by atoms with van der Waals surface area (Å²) in [6.07, 6.45) is 2.17. The molecule has 0 aliphatic carbocycles. The number of fused-ring (bicyclic) bond motifs is 1. The van der Waals surface area contributed by atoms with Crippen LogP contribution in [0.2, 0.25) is 5.02 Å². The first-order valence-corrected chi connectivity index (χ1v) is 10.0.